The van der Waals surface area contributed by atoms with Crippen molar-refractivity contribution in [2.75, 3.05) is 11.4 Å². The third-order valence-corrected chi connectivity index (χ3v) is 4.90. The van der Waals surface area contributed by atoms with Crippen molar-refractivity contribution in [2.45, 2.75) is 16.8 Å². The van der Waals surface area contributed by atoms with Crippen molar-refractivity contribution in [1.29, 1.82) is 0 Å². The molecule has 1 saturated heterocycles. The minimum atomic E-state index is -0.522. The van der Waals surface area contributed by atoms with Gasteiger partial charge in [-0.2, -0.15) is 5.10 Å². The predicted octanol–water partition coefficient (Wildman–Crippen LogP) is 2.51. The van der Waals surface area contributed by atoms with Gasteiger partial charge in [0.15, 0.2) is 5.16 Å². The molecule has 0 unspecified atom stereocenters. The number of nitrogens with zero attached hydrogens (tertiary/aromatic N) is 4. The highest BCUT2D eigenvalue weighted by Crippen LogP contribution is 2.32. The summed E-state index contributed by atoms with van der Waals surface area (Å²) in [4.78, 5) is 18.1. The lowest BCUT2D eigenvalue weighted by atomic mass is 10.3. The molecular formula is C13H12ClFN4OS. The van der Waals surface area contributed by atoms with E-state index in [0.717, 1.165) is 0 Å². The maximum atomic E-state index is 13.5. The minimum Gasteiger partial charge on any atom is -0.311 e. The number of carbonyl (C=O) groups is 1. The third-order valence-electron chi connectivity index (χ3n) is 3.29. The molecule has 0 saturated carbocycles. The molecule has 0 spiro atoms. The molecule has 2 heterocycles. The van der Waals surface area contributed by atoms with E-state index in [1.54, 1.807) is 22.7 Å². The summed E-state index contributed by atoms with van der Waals surface area (Å²) in [5.41, 5.74) is 0.531. The zero-order valence-corrected chi connectivity index (χ0v) is 12.7. The molecule has 1 aromatic heterocycles. The average Bonchev–Trinajstić information content (AvgIpc) is 3.02. The number of anilines is 1. The van der Waals surface area contributed by atoms with E-state index in [-0.39, 0.29) is 16.2 Å². The van der Waals surface area contributed by atoms with Gasteiger partial charge in [-0.1, -0.05) is 23.4 Å². The lowest BCUT2D eigenvalue weighted by Gasteiger charge is -2.16. The predicted molar refractivity (Wildman–Crippen MR) is 79.0 cm³/mol. The lowest BCUT2D eigenvalue weighted by Crippen LogP contribution is -2.28. The van der Waals surface area contributed by atoms with E-state index in [1.165, 1.54) is 30.2 Å². The van der Waals surface area contributed by atoms with Crippen molar-refractivity contribution in [3.05, 3.63) is 35.4 Å². The molecule has 0 radical (unpaired) electrons. The topological polar surface area (TPSA) is 51.0 Å². The first-order chi connectivity index (χ1) is 10.1. The fraction of sp³-hybridized carbons (Fsp3) is 0.308. The van der Waals surface area contributed by atoms with E-state index in [2.05, 4.69) is 10.1 Å². The van der Waals surface area contributed by atoms with Crippen LogP contribution in [0.15, 0.2) is 29.7 Å². The summed E-state index contributed by atoms with van der Waals surface area (Å²) in [5.74, 6) is -0.573. The Hall–Kier alpha value is -1.60. The van der Waals surface area contributed by atoms with Gasteiger partial charge in [0.05, 0.1) is 10.3 Å². The Balaban J connectivity index is 1.77. The summed E-state index contributed by atoms with van der Waals surface area (Å²) in [6.07, 6.45) is 2.13. The Morgan fingerprint density at radius 2 is 2.29 bits per heavy atom. The van der Waals surface area contributed by atoms with Crippen LogP contribution < -0.4 is 4.90 Å². The molecule has 21 heavy (non-hydrogen) atoms. The van der Waals surface area contributed by atoms with Crippen LogP contribution in [0.5, 0.6) is 0 Å². The smallest absolute Gasteiger partial charge is 0.240 e. The van der Waals surface area contributed by atoms with E-state index in [4.69, 9.17) is 11.6 Å². The van der Waals surface area contributed by atoms with Gasteiger partial charge in [0.25, 0.3) is 0 Å². The number of hydrogen-bond donors (Lipinski definition) is 0. The van der Waals surface area contributed by atoms with Gasteiger partial charge in [-0.25, -0.2) is 14.1 Å². The highest BCUT2D eigenvalue weighted by Gasteiger charge is 2.34. The number of aryl methyl sites for hydroxylation is 1. The number of aromatic nitrogens is 3. The summed E-state index contributed by atoms with van der Waals surface area (Å²) in [6.45, 7) is 0.551. The molecule has 1 amide bonds. The first-order valence-electron chi connectivity index (χ1n) is 6.33. The van der Waals surface area contributed by atoms with Gasteiger partial charge in [0.2, 0.25) is 5.91 Å². The Morgan fingerprint density at radius 1 is 1.48 bits per heavy atom. The molecule has 0 aliphatic carbocycles. The van der Waals surface area contributed by atoms with Crippen LogP contribution in [0.2, 0.25) is 5.02 Å². The normalized spacial score (nSPS) is 18.5. The number of amides is 1. The standard InChI is InChI=1S/C13H12ClFN4OS/c1-18-13(16-7-17-18)21-11-4-5-19(12(11)20)8-2-3-9(14)10(15)6-8/h2-3,6-7,11H,4-5H2,1H3/t11-/m0/s1. The Bertz CT molecular complexity index is 693. The SMILES string of the molecule is Cn1ncnc1S[C@H]1CCN(c2ccc(Cl)c(F)c2)C1=O. The van der Waals surface area contributed by atoms with E-state index in [9.17, 15) is 9.18 Å². The van der Waals surface area contributed by atoms with Crippen molar-refractivity contribution < 1.29 is 9.18 Å². The van der Waals surface area contributed by atoms with E-state index < -0.39 is 5.82 Å². The van der Waals surface area contributed by atoms with Crippen LogP contribution in [-0.4, -0.2) is 32.5 Å². The van der Waals surface area contributed by atoms with Gasteiger partial charge in [-0.3, -0.25) is 4.79 Å². The van der Waals surface area contributed by atoms with Gasteiger partial charge < -0.3 is 4.90 Å². The van der Waals surface area contributed by atoms with Crippen LogP contribution in [0.3, 0.4) is 0 Å². The van der Waals surface area contributed by atoms with Gasteiger partial charge in [-0.05, 0) is 24.6 Å². The molecule has 1 aliphatic rings. The highest BCUT2D eigenvalue weighted by molar-refractivity contribution is 8.00. The number of thioether (sulfide) groups is 1. The van der Waals surface area contributed by atoms with Crippen molar-refractivity contribution in [3.8, 4) is 0 Å². The lowest BCUT2D eigenvalue weighted by molar-refractivity contribution is -0.116. The van der Waals surface area contributed by atoms with Crippen LogP contribution >= 0.6 is 23.4 Å². The molecule has 5 nitrogen and oxygen atoms in total. The number of carbonyl (C=O) groups excluding carboxylic acids is 1. The minimum absolute atomic E-state index is 0.0512. The second-order valence-electron chi connectivity index (χ2n) is 4.65. The van der Waals surface area contributed by atoms with E-state index in [1.807, 2.05) is 0 Å². The zero-order chi connectivity index (χ0) is 15.0. The highest BCUT2D eigenvalue weighted by atomic mass is 35.5. The molecule has 110 valence electrons. The molecule has 0 bridgehead atoms. The molecule has 0 N–H and O–H groups in total. The maximum absolute atomic E-state index is 13.5. The Labute approximate surface area is 130 Å². The molecular weight excluding hydrogens is 315 g/mol. The summed E-state index contributed by atoms with van der Waals surface area (Å²) in [6, 6.07) is 4.40. The van der Waals surface area contributed by atoms with Gasteiger partial charge >= 0.3 is 0 Å². The fourth-order valence-electron chi connectivity index (χ4n) is 2.19. The number of halogens is 2. The number of benzene rings is 1. The summed E-state index contributed by atoms with van der Waals surface area (Å²) >= 11 is 7.04. The van der Waals surface area contributed by atoms with Gasteiger partial charge in [0, 0.05) is 19.3 Å². The Kier molecular flexibility index (Phi) is 3.86. The third kappa shape index (κ3) is 2.75. The molecule has 2 aromatic rings. The van der Waals surface area contributed by atoms with Crippen LogP contribution in [0.25, 0.3) is 0 Å². The average molecular weight is 327 g/mol. The Morgan fingerprint density at radius 3 is 2.95 bits per heavy atom. The van der Waals surface area contributed by atoms with E-state index >= 15 is 0 Å². The largest absolute Gasteiger partial charge is 0.311 e. The second-order valence-corrected chi connectivity index (χ2v) is 6.23. The number of hydrogen-bond acceptors (Lipinski definition) is 4. The fourth-order valence-corrected chi connectivity index (χ4v) is 3.32. The molecule has 1 aliphatic heterocycles. The number of rotatable bonds is 3. The second kappa shape index (κ2) is 5.65. The monoisotopic (exact) mass is 326 g/mol. The van der Waals surface area contributed by atoms with Crippen molar-refractivity contribution >= 4 is 35.0 Å². The summed E-state index contributed by atoms with van der Waals surface area (Å²) < 4.78 is 15.1. The van der Waals surface area contributed by atoms with Gasteiger partial charge in [-0.15, -0.1) is 0 Å². The molecule has 1 aromatic carbocycles. The zero-order valence-electron chi connectivity index (χ0n) is 11.2. The van der Waals surface area contributed by atoms with Crippen LogP contribution in [0, 0.1) is 5.82 Å². The first-order valence-corrected chi connectivity index (χ1v) is 7.59. The molecule has 8 heteroatoms. The molecule has 1 atom stereocenters. The van der Waals surface area contributed by atoms with Crippen LogP contribution in [-0.2, 0) is 11.8 Å². The first kappa shape index (κ1) is 14.3. The van der Waals surface area contributed by atoms with Crippen molar-refractivity contribution in [1.82, 2.24) is 14.8 Å². The van der Waals surface area contributed by atoms with Crippen LogP contribution in [0.4, 0.5) is 10.1 Å². The molecule has 1 fully saturated rings. The maximum Gasteiger partial charge on any atom is 0.240 e. The molecule has 3 rings (SSSR count). The van der Waals surface area contributed by atoms with Crippen LogP contribution in [0.1, 0.15) is 6.42 Å². The quantitative estimate of drug-likeness (QED) is 0.869. The van der Waals surface area contributed by atoms with Gasteiger partial charge in [0.1, 0.15) is 12.1 Å². The van der Waals surface area contributed by atoms with Crippen molar-refractivity contribution in [2.24, 2.45) is 7.05 Å². The summed E-state index contributed by atoms with van der Waals surface area (Å²) in [7, 11) is 1.78. The van der Waals surface area contributed by atoms with E-state index in [0.29, 0.717) is 23.8 Å². The van der Waals surface area contributed by atoms with Crippen molar-refractivity contribution in [3.63, 3.8) is 0 Å². The summed E-state index contributed by atoms with van der Waals surface area (Å²) in [5, 5.41) is 4.49.